The van der Waals surface area contributed by atoms with Gasteiger partial charge < -0.3 is 14.5 Å². The fourth-order valence-corrected chi connectivity index (χ4v) is 1.64. The summed E-state index contributed by atoms with van der Waals surface area (Å²) in [6, 6.07) is 7.67. The van der Waals surface area contributed by atoms with Gasteiger partial charge in [0.1, 0.15) is 11.5 Å². The number of nitrogens with one attached hydrogen (secondary N) is 1. The lowest BCUT2D eigenvalue weighted by Gasteiger charge is -2.06. The first-order chi connectivity index (χ1) is 8.28. The molecule has 0 aliphatic heterocycles. The second kappa shape index (κ2) is 5.50. The average Bonchev–Trinajstić information content (AvgIpc) is 2.81. The van der Waals surface area contributed by atoms with Gasteiger partial charge in [-0.25, -0.2) is 0 Å². The van der Waals surface area contributed by atoms with Crippen molar-refractivity contribution in [2.24, 2.45) is 0 Å². The summed E-state index contributed by atoms with van der Waals surface area (Å²) in [7, 11) is 1.66. The molecular weight excluding hydrogens is 216 g/mol. The summed E-state index contributed by atoms with van der Waals surface area (Å²) in [5.41, 5.74) is 1.92. The Morgan fingerprint density at radius 3 is 2.94 bits per heavy atom. The zero-order valence-electron chi connectivity index (χ0n) is 10.1. The maximum atomic E-state index is 5.23. The van der Waals surface area contributed by atoms with Crippen LogP contribution in [0.3, 0.4) is 0 Å². The molecule has 0 amide bonds. The first-order valence-electron chi connectivity index (χ1n) is 5.52. The smallest absolute Gasteiger partial charge is 0.122 e. The predicted octanol–water partition coefficient (Wildman–Crippen LogP) is 2.28. The molecule has 4 nitrogen and oxygen atoms in total. The van der Waals surface area contributed by atoms with Crippen molar-refractivity contribution in [1.82, 2.24) is 10.3 Å². The number of hydrogen-bond donors (Lipinski definition) is 1. The fraction of sp³-hybridized carbons (Fsp3) is 0.308. The zero-order chi connectivity index (χ0) is 12.1. The van der Waals surface area contributed by atoms with Gasteiger partial charge in [0.2, 0.25) is 0 Å². The van der Waals surface area contributed by atoms with Crippen LogP contribution in [0.15, 0.2) is 34.9 Å². The molecule has 0 radical (unpaired) electrons. The molecule has 0 bridgehead atoms. The molecule has 0 aliphatic carbocycles. The van der Waals surface area contributed by atoms with Crippen LogP contribution in [0.25, 0.3) is 0 Å². The van der Waals surface area contributed by atoms with Crippen LogP contribution in [0.4, 0.5) is 0 Å². The topological polar surface area (TPSA) is 47.3 Å². The van der Waals surface area contributed by atoms with Gasteiger partial charge in [0.25, 0.3) is 0 Å². The molecule has 0 unspecified atom stereocenters. The van der Waals surface area contributed by atoms with Crippen LogP contribution in [-0.2, 0) is 13.1 Å². The van der Waals surface area contributed by atoms with Gasteiger partial charge in [-0.05, 0) is 19.1 Å². The molecule has 0 aromatic carbocycles. The highest BCUT2D eigenvalue weighted by molar-refractivity contribution is 5.26. The standard InChI is InChI=1S/C13H16N2O2/c1-10-6-13(16-2)7-11(15-10)8-14-9-12-4-3-5-17-12/h3-7,14H,8-9H2,1-2H3. The van der Waals surface area contributed by atoms with Crippen LogP contribution in [0.2, 0.25) is 0 Å². The Morgan fingerprint density at radius 2 is 2.24 bits per heavy atom. The van der Waals surface area contributed by atoms with Gasteiger partial charge in [0, 0.05) is 24.4 Å². The lowest BCUT2D eigenvalue weighted by molar-refractivity contribution is 0.412. The number of nitrogens with zero attached hydrogens (tertiary/aromatic N) is 1. The third kappa shape index (κ3) is 3.32. The van der Waals surface area contributed by atoms with E-state index in [0.29, 0.717) is 13.1 Å². The number of ether oxygens (including phenoxy) is 1. The lowest BCUT2D eigenvalue weighted by atomic mass is 10.3. The molecule has 0 fully saturated rings. The molecule has 4 heteroatoms. The van der Waals surface area contributed by atoms with E-state index >= 15 is 0 Å². The van der Waals surface area contributed by atoms with Crippen LogP contribution in [0.1, 0.15) is 17.1 Å². The Kier molecular flexibility index (Phi) is 3.77. The van der Waals surface area contributed by atoms with Crippen LogP contribution >= 0.6 is 0 Å². The molecule has 0 spiro atoms. The third-order valence-corrected chi connectivity index (χ3v) is 2.40. The highest BCUT2D eigenvalue weighted by Gasteiger charge is 2.01. The minimum absolute atomic E-state index is 0.693. The quantitative estimate of drug-likeness (QED) is 0.859. The largest absolute Gasteiger partial charge is 0.497 e. The van der Waals surface area contributed by atoms with Crippen molar-refractivity contribution < 1.29 is 9.15 Å². The van der Waals surface area contributed by atoms with Crippen molar-refractivity contribution >= 4 is 0 Å². The Hall–Kier alpha value is -1.81. The number of rotatable bonds is 5. The maximum absolute atomic E-state index is 5.23. The summed E-state index contributed by atoms with van der Waals surface area (Å²) in [5.74, 6) is 1.76. The molecule has 2 aromatic rings. The molecule has 90 valence electrons. The Morgan fingerprint density at radius 1 is 1.35 bits per heavy atom. The van der Waals surface area contributed by atoms with Gasteiger partial charge >= 0.3 is 0 Å². The zero-order valence-corrected chi connectivity index (χ0v) is 10.1. The lowest BCUT2D eigenvalue weighted by Crippen LogP contribution is -2.13. The molecule has 2 heterocycles. The average molecular weight is 232 g/mol. The first-order valence-corrected chi connectivity index (χ1v) is 5.52. The number of aryl methyl sites for hydroxylation is 1. The summed E-state index contributed by atoms with van der Waals surface area (Å²) in [6.45, 7) is 3.35. The maximum Gasteiger partial charge on any atom is 0.122 e. The Bertz CT molecular complexity index is 466. The van der Waals surface area contributed by atoms with Crippen molar-refractivity contribution in [1.29, 1.82) is 0 Å². The summed E-state index contributed by atoms with van der Waals surface area (Å²) < 4.78 is 10.4. The van der Waals surface area contributed by atoms with Crippen LogP contribution < -0.4 is 10.1 Å². The number of aromatic nitrogens is 1. The van der Waals surface area contributed by atoms with E-state index in [0.717, 1.165) is 22.9 Å². The predicted molar refractivity (Wildman–Crippen MR) is 64.8 cm³/mol. The van der Waals surface area contributed by atoms with E-state index in [1.54, 1.807) is 13.4 Å². The minimum atomic E-state index is 0.693. The van der Waals surface area contributed by atoms with Crippen molar-refractivity contribution in [3.05, 3.63) is 47.7 Å². The van der Waals surface area contributed by atoms with Gasteiger partial charge in [-0.3, -0.25) is 4.98 Å². The summed E-state index contributed by atoms with van der Waals surface area (Å²) in [5, 5.41) is 3.27. The molecule has 0 aliphatic rings. The van der Waals surface area contributed by atoms with Crippen molar-refractivity contribution in [2.45, 2.75) is 20.0 Å². The van der Waals surface area contributed by atoms with Gasteiger partial charge in [-0.2, -0.15) is 0 Å². The van der Waals surface area contributed by atoms with E-state index in [1.165, 1.54) is 0 Å². The van der Waals surface area contributed by atoms with Crippen molar-refractivity contribution in [2.75, 3.05) is 7.11 Å². The van der Waals surface area contributed by atoms with Crippen LogP contribution in [0.5, 0.6) is 5.75 Å². The Balaban J connectivity index is 1.92. The fourth-order valence-electron chi connectivity index (χ4n) is 1.64. The first kappa shape index (κ1) is 11.7. The highest BCUT2D eigenvalue weighted by Crippen LogP contribution is 2.13. The summed E-state index contributed by atoms with van der Waals surface area (Å²) >= 11 is 0. The molecule has 0 saturated heterocycles. The van der Waals surface area contributed by atoms with E-state index in [2.05, 4.69) is 10.3 Å². The van der Waals surface area contributed by atoms with Crippen molar-refractivity contribution in [3.63, 3.8) is 0 Å². The van der Waals surface area contributed by atoms with Crippen molar-refractivity contribution in [3.8, 4) is 5.75 Å². The van der Waals surface area contributed by atoms with E-state index in [-0.39, 0.29) is 0 Å². The number of methoxy groups -OCH3 is 1. The second-order valence-corrected chi connectivity index (χ2v) is 3.82. The van der Waals surface area contributed by atoms with E-state index in [4.69, 9.17) is 9.15 Å². The monoisotopic (exact) mass is 232 g/mol. The number of hydrogen-bond acceptors (Lipinski definition) is 4. The van der Waals surface area contributed by atoms with Gasteiger partial charge in [-0.15, -0.1) is 0 Å². The molecule has 1 N–H and O–H groups in total. The van der Waals surface area contributed by atoms with E-state index < -0.39 is 0 Å². The SMILES string of the molecule is COc1cc(C)nc(CNCc2ccco2)c1. The third-order valence-electron chi connectivity index (χ3n) is 2.40. The summed E-state index contributed by atoms with van der Waals surface area (Å²) in [6.07, 6.45) is 1.67. The molecular formula is C13H16N2O2. The van der Waals surface area contributed by atoms with Crippen LogP contribution in [0, 0.1) is 6.92 Å². The van der Waals surface area contributed by atoms with Gasteiger partial charge in [-0.1, -0.05) is 0 Å². The van der Waals surface area contributed by atoms with E-state index in [9.17, 15) is 0 Å². The van der Waals surface area contributed by atoms with E-state index in [1.807, 2.05) is 31.2 Å². The normalized spacial score (nSPS) is 10.5. The second-order valence-electron chi connectivity index (χ2n) is 3.82. The Labute approximate surface area is 101 Å². The molecule has 17 heavy (non-hydrogen) atoms. The highest BCUT2D eigenvalue weighted by atomic mass is 16.5. The number of pyridine rings is 1. The minimum Gasteiger partial charge on any atom is -0.497 e. The van der Waals surface area contributed by atoms with Crippen LogP contribution in [-0.4, -0.2) is 12.1 Å². The molecule has 0 atom stereocenters. The molecule has 0 saturated carbocycles. The van der Waals surface area contributed by atoms with Gasteiger partial charge in [0.05, 0.1) is 25.6 Å². The number of furan rings is 1. The molecule has 2 rings (SSSR count). The summed E-state index contributed by atoms with van der Waals surface area (Å²) in [4.78, 5) is 4.43. The van der Waals surface area contributed by atoms with Gasteiger partial charge in [0.15, 0.2) is 0 Å². The molecule has 2 aromatic heterocycles.